The van der Waals surface area contributed by atoms with Gasteiger partial charge in [-0.1, -0.05) is 6.58 Å². The van der Waals surface area contributed by atoms with Crippen LogP contribution in [0.25, 0.3) is 0 Å². The molecule has 0 saturated carbocycles. The van der Waals surface area contributed by atoms with Crippen molar-refractivity contribution in [3.63, 3.8) is 0 Å². The molecule has 17 heavy (non-hydrogen) atoms. The molecule has 0 spiro atoms. The topological polar surface area (TPSA) is 45.2 Å². The van der Waals surface area contributed by atoms with Crippen LogP contribution in [0, 0.1) is 0 Å². The first-order chi connectivity index (χ1) is 8.24. The van der Waals surface area contributed by atoms with Crippen molar-refractivity contribution < 1.29 is 4.79 Å². The average molecular weight is 231 g/mol. The summed E-state index contributed by atoms with van der Waals surface area (Å²) in [6, 6.07) is 3.58. The fourth-order valence-electron chi connectivity index (χ4n) is 2.12. The zero-order chi connectivity index (χ0) is 12.3. The highest BCUT2D eigenvalue weighted by atomic mass is 16.2. The van der Waals surface area contributed by atoms with Gasteiger partial charge in [-0.3, -0.25) is 14.7 Å². The Bertz CT molecular complexity index is 416. The summed E-state index contributed by atoms with van der Waals surface area (Å²) in [6.07, 6.45) is 6.07. The molecule has 1 fully saturated rings. The first kappa shape index (κ1) is 11.8. The van der Waals surface area contributed by atoms with E-state index in [1.807, 2.05) is 19.2 Å². The molecule has 0 aliphatic carbocycles. The highest BCUT2D eigenvalue weighted by molar-refractivity contribution is 6.00. The van der Waals surface area contributed by atoms with E-state index in [1.54, 1.807) is 17.3 Å². The number of nitrogens with one attached hydrogen (secondary N) is 1. The number of hydrogen-bond donors (Lipinski definition) is 1. The Morgan fingerprint density at radius 1 is 1.59 bits per heavy atom. The average Bonchev–Trinajstić information content (AvgIpc) is 2.49. The second-order valence-corrected chi connectivity index (χ2v) is 4.18. The number of rotatable bonds is 2. The second kappa shape index (κ2) is 5.10. The predicted octanol–water partition coefficient (Wildman–Crippen LogP) is 1.70. The molecule has 1 N–H and O–H groups in total. The van der Waals surface area contributed by atoms with Crippen molar-refractivity contribution in [1.82, 2.24) is 10.3 Å². The van der Waals surface area contributed by atoms with E-state index >= 15 is 0 Å². The van der Waals surface area contributed by atoms with E-state index in [1.165, 1.54) is 0 Å². The quantitative estimate of drug-likeness (QED) is 0.842. The molecule has 1 aromatic heterocycles. The van der Waals surface area contributed by atoms with Gasteiger partial charge >= 0.3 is 0 Å². The van der Waals surface area contributed by atoms with Gasteiger partial charge in [-0.2, -0.15) is 0 Å². The Kier molecular flexibility index (Phi) is 3.54. The van der Waals surface area contributed by atoms with Gasteiger partial charge in [0.15, 0.2) is 0 Å². The molecule has 1 aromatic rings. The molecule has 90 valence electrons. The molecule has 0 bridgehead atoms. The summed E-state index contributed by atoms with van der Waals surface area (Å²) >= 11 is 0. The Morgan fingerprint density at radius 2 is 2.41 bits per heavy atom. The van der Waals surface area contributed by atoms with Crippen molar-refractivity contribution in [3.05, 3.63) is 36.8 Å². The molecule has 4 nitrogen and oxygen atoms in total. The van der Waals surface area contributed by atoms with Crippen molar-refractivity contribution in [2.45, 2.75) is 25.3 Å². The third kappa shape index (κ3) is 2.36. The van der Waals surface area contributed by atoms with Crippen LogP contribution in [-0.2, 0) is 4.79 Å². The number of carbonyl (C=O) groups is 1. The SMILES string of the molecule is C=C1CCCC(NC)C(=O)N1c1cccnc1. The van der Waals surface area contributed by atoms with Crippen molar-refractivity contribution >= 4 is 11.6 Å². The van der Waals surface area contributed by atoms with Crippen LogP contribution in [-0.4, -0.2) is 24.0 Å². The number of pyridine rings is 1. The van der Waals surface area contributed by atoms with Crippen LogP contribution >= 0.6 is 0 Å². The second-order valence-electron chi connectivity index (χ2n) is 4.18. The van der Waals surface area contributed by atoms with Gasteiger partial charge in [0, 0.05) is 11.9 Å². The molecule has 1 amide bonds. The molecule has 1 saturated heterocycles. The monoisotopic (exact) mass is 231 g/mol. The van der Waals surface area contributed by atoms with Gasteiger partial charge in [-0.25, -0.2) is 0 Å². The van der Waals surface area contributed by atoms with Crippen LogP contribution in [0.3, 0.4) is 0 Å². The van der Waals surface area contributed by atoms with Crippen LogP contribution in [0.2, 0.25) is 0 Å². The van der Waals surface area contributed by atoms with E-state index in [0.717, 1.165) is 30.6 Å². The molecule has 1 aliphatic heterocycles. The van der Waals surface area contributed by atoms with Crippen LogP contribution in [0.15, 0.2) is 36.8 Å². The molecular weight excluding hydrogens is 214 g/mol. The van der Waals surface area contributed by atoms with E-state index in [0.29, 0.717) is 0 Å². The summed E-state index contributed by atoms with van der Waals surface area (Å²) in [5.74, 6) is 0.0583. The van der Waals surface area contributed by atoms with Gasteiger partial charge in [0.25, 0.3) is 0 Å². The minimum Gasteiger partial charge on any atom is -0.309 e. The van der Waals surface area contributed by atoms with Crippen molar-refractivity contribution in [3.8, 4) is 0 Å². The summed E-state index contributed by atoms with van der Waals surface area (Å²) in [5.41, 5.74) is 1.64. The van der Waals surface area contributed by atoms with E-state index < -0.39 is 0 Å². The van der Waals surface area contributed by atoms with Gasteiger partial charge in [0.1, 0.15) is 0 Å². The number of amides is 1. The van der Waals surface area contributed by atoms with Gasteiger partial charge < -0.3 is 5.32 Å². The number of nitrogens with zero attached hydrogens (tertiary/aromatic N) is 2. The molecule has 2 rings (SSSR count). The summed E-state index contributed by atoms with van der Waals surface area (Å²) < 4.78 is 0. The van der Waals surface area contributed by atoms with Gasteiger partial charge in [-0.05, 0) is 38.4 Å². The lowest BCUT2D eigenvalue weighted by molar-refractivity contribution is -0.119. The van der Waals surface area contributed by atoms with E-state index in [4.69, 9.17) is 0 Å². The zero-order valence-electron chi connectivity index (χ0n) is 10.0. The highest BCUT2D eigenvalue weighted by Gasteiger charge is 2.28. The maximum Gasteiger partial charge on any atom is 0.248 e. The predicted molar refractivity (Wildman–Crippen MR) is 67.6 cm³/mol. The Balaban J connectivity index is 2.34. The molecule has 4 heteroatoms. The van der Waals surface area contributed by atoms with Crippen LogP contribution in [0.1, 0.15) is 19.3 Å². The maximum absolute atomic E-state index is 12.4. The third-order valence-electron chi connectivity index (χ3n) is 3.05. The molecule has 1 aliphatic rings. The minimum atomic E-state index is -0.130. The largest absolute Gasteiger partial charge is 0.309 e. The van der Waals surface area contributed by atoms with Gasteiger partial charge in [-0.15, -0.1) is 0 Å². The van der Waals surface area contributed by atoms with E-state index in [2.05, 4.69) is 16.9 Å². The molecule has 1 atom stereocenters. The number of anilines is 1. The van der Waals surface area contributed by atoms with Crippen molar-refractivity contribution in [1.29, 1.82) is 0 Å². The third-order valence-corrected chi connectivity index (χ3v) is 3.05. The smallest absolute Gasteiger partial charge is 0.248 e. The Labute approximate surface area is 101 Å². The van der Waals surface area contributed by atoms with Crippen LogP contribution in [0.4, 0.5) is 5.69 Å². The normalized spacial score (nSPS) is 21.5. The van der Waals surface area contributed by atoms with Crippen molar-refractivity contribution in [2.24, 2.45) is 0 Å². The van der Waals surface area contributed by atoms with Gasteiger partial charge in [0.2, 0.25) is 5.91 Å². The Morgan fingerprint density at radius 3 is 3.06 bits per heavy atom. The van der Waals surface area contributed by atoms with E-state index in [9.17, 15) is 4.79 Å². The molecular formula is C13H17N3O. The zero-order valence-corrected chi connectivity index (χ0v) is 10.0. The number of aromatic nitrogens is 1. The van der Waals surface area contributed by atoms with Gasteiger partial charge in [0.05, 0.1) is 17.9 Å². The van der Waals surface area contributed by atoms with Crippen molar-refractivity contribution in [2.75, 3.05) is 11.9 Å². The van der Waals surface area contributed by atoms with E-state index in [-0.39, 0.29) is 11.9 Å². The highest BCUT2D eigenvalue weighted by Crippen LogP contribution is 2.25. The fourth-order valence-corrected chi connectivity index (χ4v) is 2.12. The minimum absolute atomic E-state index is 0.0583. The maximum atomic E-state index is 12.4. The fraction of sp³-hybridized carbons (Fsp3) is 0.385. The summed E-state index contributed by atoms with van der Waals surface area (Å²) in [6.45, 7) is 4.00. The van der Waals surface area contributed by atoms with Crippen LogP contribution in [0.5, 0.6) is 0 Å². The lowest BCUT2D eigenvalue weighted by atomic mass is 10.1. The molecule has 1 unspecified atom stereocenters. The molecule has 0 aromatic carbocycles. The number of allylic oxidation sites excluding steroid dienone is 1. The van der Waals surface area contributed by atoms with Crippen LogP contribution < -0.4 is 10.2 Å². The summed E-state index contributed by atoms with van der Waals surface area (Å²) in [7, 11) is 1.82. The number of likely N-dealkylation sites (N-methyl/N-ethyl adjacent to an activating group) is 1. The lowest BCUT2D eigenvalue weighted by Gasteiger charge is -2.25. The molecule has 0 radical (unpaired) electrons. The first-order valence-electron chi connectivity index (χ1n) is 5.83. The number of hydrogen-bond acceptors (Lipinski definition) is 3. The number of carbonyl (C=O) groups excluding carboxylic acids is 1. The summed E-state index contributed by atoms with van der Waals surface area (Å²) in [4.78, 5) is 18.1. The lowest BCUT2D eigenvalue weighted by Crippen LogP contribution is -2.43. The standard InChI is InChI=1S/C13H17N3O/c1-10-5-3-7-12(14-2)13(17)16(10)11-6-4-8-15-9-11/h4,6,8-9,12,14H,1,3,5,7H2,2H3. The first-order valence-corrected chi connectivity index (χ1v) is 5.83. The Hall–Kier alpha value is -1.68. The molecule has 2 heterocycles. The summed E-state index contributed by atoms with van der Waals surface area (Å²) in [5, 5.41) is 3.06.